The highest BCUT2D eigenvalue weighted by Gasteiger charge is 2.28. The molecule has 1 aliphatic heterocycles. The maximum Gasteiger partial charge on any atom is 0.257 e. The van der Waals surface area contributed by atoms with Crippen molar-refractivity contribution in [2.75, 3.05) is 38.7 Å². The Labute approximate surface area is 195 Å². The molecular formula is C26H31N5O2. The second kappa shape index (κ2) is 9.67. The molecule has 0 saturated carbocycles. The number of morpholine rings is 1. The van der Waals surface area contributed by atoms with Crippen LogP contribution in [0.3, 0.4) is 0 Å². The lowest BCUT2D eigenvalue weighted by atomic mass is 10.0. The van der Waals surface area contributed by atoms with Crippen molar-refractivity contribution in [2.45, 2.75) is 33.3 Å². The standard InChI is InChI=1S/C26H31N5O2/c1-17-6-8-20(9-7-17)13-21-12-18(2)28-23(14-21)24-16-31(10-11-33-24)25(32)22-15-27-26(30(4)5)29-19(22)3/h6-9,12,14-15,24H,10-11,13,16H2,1-5H3/t24-/m0/s1. The van der Waals surface area contributed by atoms with Gasteiger partial charge in [-0.05, 0) is 50.5 Å². The Morgan fingerprint density at radius 2 is 1.85 bits per heavy atom. The van der Waals surface area contributed by atoms with Crippen LogP contribution in [-0.2, 0) is 11.2 Å². The number of pyridine rings is 1. The van der Waals surface area contributed by atoms with Gasteiger partial charge in [0.05, 0.1) is 30.1 Å². The molecule has 1 fully saturated rings. The summed E-state index contributed by atoms with van der Waals surface area (Å²) in [6.07, 6.45) is 2.19. The highest BCUT2D eigenvalue weighted by molar-refractivity contribution is 5.95. The average molecular weight is 446 g/mol. The van der Waals surface area contributed by atoms with Gasteiger partial charge in [0.1, 0.15) is 6.10 Å². The summed E-state index contributed by atoms with van der Waals surface area (Å²) in [6.45, 7) is 7.39. The summed E-state index contributed by atoms with van der Waals surface area (Å²) in [5, 5.41) is 0. The summed E-state index contributed by atoms with van der Waals surface area (Å²) in [4.78, 5) is 30.4. The largest absolute Gasteiger partial charge is 0.368 e. The van der Waals surface area contributed by atoms with E-state index in [4.69, 9.17) is 9.72 Å². The molecular weight excluding hydrogens is 414 g/mol. The maximum atomic E-state index is 13.2. The van der Waals surface area contributed by atoms with E-state index in [1.807, 2.05) is 37.7 Å². The van der Waals surface area contributed by atoms with Crippen molar-refractivity contribution in [1.82, 2.24) is 19.9 Å². The summed E-state index contributed by atoms with van der Waals surface area (Å²) in [5.74, 6) is 0.521. The van der Waals surface area contributed by atoms with Crippen LogP contribution in [0.1, 0.15) is 50.2 Å². The lowest BCUT2D eigenvalue weighted by Crippen LogP contribution is -2.43. The summed E-state index contributed by atoms with van der Waals surface area (Å²) >= 11 is 0. The zero-order valence-electron chi connectivity index (χ0n) is 20.0. The van der Waals surface area contributed by atoms with Gasteiger partial charge < -0.3 is 14.5 Å². The highest BCUT2D eigenvalue weighted by Crippen LogP contribution is 2.25. The molecule has 7 nitrogen and oxygen atoms in total. The van der Waals surface area contributed by atoms with Gasteiger partial charge in [-0.25, -0.2) is 9.97 Å². The third-order valence-corrected chi connectivity index (χ3v) is 5.84. The van der Waals surface area contributed by atoms with E-state index < -0.39 is 0 Å². The second-order valence-electron chi connectivity index (χ2n) is 8.88. The number of hydrogen-bond acceptors (Lipinski definition) is 6. The Bertz CT molecular complexity index is 1140. The number of carbonyl (C=O) groups excluding carboxylic acids is 1. The third kappa shape index (κ3) is 5.37. The van der Waals surface area contributed by atoms with Crippen molar-refractivity contribution in [1.29, 1.82) is 0 Å². The lowest BCUT2D eigenvalue weighted by Gasteiger charge is -2.33. The minimum atomic E-state index is -0.262. The number of aryl methyl sites for hydroxylation is 3. The first kappa shape index (κ1) is 22.9. The first-order valence-electron chi connectivity index (χ1n) is 11.2. The summed E-state index contributed by atoms with van der Waals surface area (Å²) in [6, 6.07) is 12.8. The quantitative estimate of drug-likeness (QED) is 0.597. The van der Waals surface area contributed by atoms with Crippen molar-refractivity contribution in [3.05, 3.63) is 81.9 Å². The van der Waals surface area contributed by atoms with Crippen LogP contribution >= 0.6 is 0 Å². The number of anilines is 1. The number of benzene rings is 1. The zero-order valence-corrected chi connectivity index (χ0v) is 20.0. The average Bonchev–Trinajstić information content (AvgIpc) is 2.80. The Balaban J connectivity index is 1.52. The van der Waals surface area contributed by atoms with Gasteiger partial charge in [-0.1, -0.05) is 29.8 Å². The second-order valence-corrected chi connectivity index (χ2v) is 8.88. The fraction of sp³-hybridized carbons (Fsp3) is 0.385. The number of rotatable bonds is 5. The fourth-order valence-corrected chi connectivity index (χ4v) is 4.04. The van der Waals surface area contributed by atoms with Gasteiger partial charge in [0, 0.05) is 32.5 Å². The lowest BCUT2D eigenvalue weighted by molar-refractivity contribution is -0.0248. The number of aromatic nitrogens is 3. The Morgan fingerprint density at radius 3 is 2.55 bits per heavy atom. The van der Waals surface area contributed by atoms with Crippen molar-refractivity contribution in [3.63, 3.8) is 0 Å². The summed E-state index contributed by atoms with van der Waals surface area (Å²) in [7, 11) is 3.76. The third-order valence-electron chi connectivity index (χ3n) is 5.84. The fourth-order valence-electron chi connectivity index (χ4n) is 4.04. The molecule has 4 rings (SSSR count). The molecule has 1 aliphatic rings. The predicted molar refractivity (Wildman–Crippen MR) is 129 cm³/mol. The monoisotopic (exact) mass is 445 g/mol. The molecule has 1 amide bonds. The van der Waals surface area contributed by atoms with Crippen LogP contribution in [0.2, 0.25) is 0 Å². The minimum Gasteiger partial charge on any atom is -0.368 e. The van der Waals surface area contributed by atoms with Gasteiger partial charge in [0.25, 0.3) is 5.91 Å². The van der Waals surface area contributed by atoms with Gasteiger partial charge in [-0.2, -0.15) is 0 Å². The van der Waals surface area contributed by atoms with Crippen LogP contribution in [0.15, 0.2) is 42.6 Å². The molecule has 0 spiro atoms. The van der Waals surface area contributed by atoms with E-state index in [2.05, 4.69) is 53.3 Å². The minimum absolute atomic E-state index is 0.0707. The molecule has 7 heteroatoms. The molecule has 0 aliphatic carbocycles. The van der Waals surface area contributed by atoms with Crippen molar-refractivity contribution in [3.8, 4) is 0 Å². The summed E-state index contributed by atoms with van der Waals surface area (Å²) in [5.41, 5.74) is 6.72. The molecule has 1 atom stereocenters. The van der Waals surface area contributed by atoms with E-state index in [0.29, 0.717) is 36.9 Å². The number of amides is 1. The van der Waals surface area contributed by atoms with Gasteiger partial charge in [0.2, 0.25) is 5.95 Å². The van der Waals surface area contributed by atoms with E-state index in [-0.39, 0.29) is 12.0 Å². The maximum absolute atomic E-state index is 13.2. The number of ether oxygens (including phenoxy) is 1. The van der Waals surface area contributed by atoms with Gasteiger partial charge in [-0.3, -0.25) is 9.78 Å². The molecule has 33 heavy (non-hydrogen) atoms. The molecule has 1 aromatic carbocycles. The first-order valence-corrected chi connectivity index (χ1v) is 11.2. The van der Waals surface area contributed by atoms with Gasteiger partial charge >= 0.3 is 0 Å². The van der Waals surface area contributed by atoms with Gasteiger partial charge in [-0.15, -0.1) is 0 Å². The zero-order chi connectivity index (χ0) is 23.5. The molecule has 2 aromatic heterocycles. The van der Waals surface area contributed by atoms with Crippen molar-refractivity contribution in [2.24, 2.45) is 0 Å². The molecule has 3 heterocycles. The van der Waals surface area contributed by atoms with Gasteiger partial charge in [0.15, 0.2) is 0 Å². The number of hydrogen-bond donors (Lipinski definition) is 0. The van der Waals surface area contributed by atoms with Crippen LogP contribution in [0, 0.1) is 20.8 Å². The topological polar surface area (TPSA) is 71.5 Å². The van der Waals surface area contributed by atoms with E-state index >= 15 is 0 Å². The SMILES string of the molecule is Cc1ccc(Cc2cc(C)nc([C@@H]3CN(C(=O)c4cnc(N(C)C)nc4C)CCO3)c2)cc1. The van der Waals surface area contributed by atoms with Crippen LogP contribution < -0.4 is 4.90 Å². The van der Waals surface area contributed by atoms with Crippen LogP contribution in [0.25, 0.3) is 0 Å². The molecule has 0 bridgehead atoms. The first-order chi connectivity index (χ1) is 15.8. The van der Waals surface area contributed by atoms with Crippen LogP contribution in [0.4, 0.5) is 5.95 Å². The van der Waals surface area contributed by atoms with Crippen molar-refractivity contribution < 1.29 is 9.53 Å². The smallest absolute Gasteiger partial charge is 0.257 e. The van der Waals surface area contributed by atoms with Crippen molar-refractivity contribution >= 4 is 11.9 Å². The highest BCUT2D eigenvalue weighted by atomic mass is 16.5. The molecule has 0 N–H and O–H groups in total. The van der Waals surface area contributed by atoms with Crippen LogP contribution in [0.5, 0.6) is 0 Å². The van der Waals surface area contributed by atoms with E-state index in [1.54, 1.807) is 6.20 Å². The molecule has 0 unspecified atom stereocenters. The Hall–Kier alpha value is -3.32. The molecule has 3 aromatic rings. The predicted octanol–water partition coefficient (Wildman–Crippen LogP) is 3.67. The van der Waals surface area contributed by atoms with E-state index in [0.717, 1.165) is 17.8 Å². The van der Waals surface area contributed by atoms with E-state index in [1.165, 1.54) is 16.7 Å². The molecule has 172 valence electrons. The number of nitrogens with zero attached hydrogens (tertiary/aromatic N) is 5. The van der Waals surface area contributed by atoms with E-state index in [9.17, 15) is 4.79 Å². The molecule has 1 saturated heterocycles. The molecule has 0 radical (unpaired) electrons. The van der Waals surface area contributed by atoms with Crippen LogP contribution in [-0.4, -0.2) is 59.6 Å². The Kier molecular flexibility index (Phi) is 6.70. The Morgan fingerprint density at radius 1 is 1.09 bits per heavy atom. The summed E-state index contributed by atoms with van der Waals surface area (Å²) < 4.78 is 6.04. The normalized spacial score (nSPS) is 16.0. The number of carbonyl (C=O) groups is 1.